The number of hydrogen-bond donors (Lipinski definition) is 2. The largest absolute Gasteiger partial charge is 0.479 e. The van der Waals surface area contributed by atoms with Crippen LogP contribution in [0.2, 0.25) is 0 Å². The highest BCUT2D eigenvalue weighted by Gasteiger charge is 2.15. The minimum absolute atomic E-state index is 0.0845. The van der Waals surface area contributed by atoms with Crippen LogP contribution >= 0.6 is 0 Å². The summed E-state index contributed by atoms with van der Waals surface area (Å²) in [6, 6.07) is 0. The van der Waals surface area contributed by atoms with Gasteiger partial charge in [0.05, 0.1) is 0 Å². The van der Waals surface area contributed by atoms with Gasteiger partial charge in [0.25, 0.3) is 0 Å². The van der Waals surface area contributed by atoms with Gasteiger partial charge in [-0.25, -0.2) is 10.3 Å². The highest BCUT2D eigenvalue weighted by molar-refractivity contribution is 5.77. The zero-order valence-electron chi connectivity index (χ0n) is 9.28. The fourth-order valence-electron chi connectivity index (χ4n) is 1.22. The maximum atomic E-state index is 11.4. The zero-order chi connectivity index (χ0) is 11.7. The highest BCUT2D eigenvalue weighted by atomic mass is 16.7. The van der Waals surface area contributed by atoms with Gasteiger partial charge in [-0.3, -0.25) is 9.63 Å². The van der Waals surface area contributed by atoms with Gasteiger partial charge in [-0.05, 0) is 12.8 Å². The predicted molar refractivity (Wildman–Crippen MR) is 55.0 cm³/mol. The van der Waals surface area contributed by atoms with Gasteiger partial charge in [-0.15, -0.1) is 0 Å². The number of carboxylic acid groups (broad SMARTS) is 1. The molecule has 0 aromatic rings. The molecule has 5 heteroatoms. The van der Waals surface area contributed by atoms with Crippen LogP contribution in [0.15, 0.2) is 0 Å². The third-order valence-electron chi connectivity index (χ3n) is 2.14. The Morgan fingerprint density at radius 3 is 2.53 bits per heavy atom. The van der Waals surface area contributed by atoms with Crippen LogP contribution in [-0.2, 0) is 14.4 Å². The summed E-state index contributed by atoms with van der Waals surface area (Å²) >= 11 is 0. The normalized spacial score (nSPS) is 12.1. The second-order valence-corrected chi connectivity index (χ2v) is 3.40. The van der Waals surface area contributed by atoms with E-state index in [2.05, 4.69) is 17.2 Å². The Hall–Kier alpha value is -1.10. The first-order valence-corrected chi connectivity index (χ1v) is 5.25. The lowest BCUT2D eigenvalue weighted by atomic mass is 9.99. The number of nitrogens with one attached hydrogen (secondary N) is 1. The van der Waals surface area contributed by atoms with Crippen molar-refractivity contribution in [1.82, 2.24) is 5.48 Å². The van der Waals surface area contributed by atoms with E-state index in [9.17, 15) is 9.59 Å². The maximum absolute atomic E-state index is 11.4. The van der Waals surface area contributed by atoms with E-state index in [0.29, 0.717) is 0 Å². The molecular weight excluding hydrogens is 198 g/mol. The molecule has 1 atom stereocenters. The molecule has 0 spiro atoms. The molecule has 0 saturated carbocycles. The monoisotopic (exact) mass is 217 g/mol. The first-order chi connectivity index (χ1) is 7.11. The van der Waals surface area contributed by atoms with Gasteiger partial charge in [-0.1, -0.05) is 26.7 Å². The molecule has 88 valence electrons. The van der Waals surface area contributed by atoms with Crippen molar-refractivity contribution in [1.29, 1.82) is 0 Å². The highest BCUT2D eigenvalue weighted by Crippen LogP contribution is 2.12. The molecule has 2 N–H and O–H groups in total. The van der Waals surface area contributed by atoms with Gasteiger partial charge in [0.1, 0.15) is 0 Å². The number of unbranched alkanes of at least 4 members (excludes halogenated alkanes) is 1. The minimum atomic E-state index is -1.10. The van der Waals surface area contributed by atoms with Crippen LogP contribution in [0.1, 0.15) is 39.5 Å². The van der Waals surface area contributed by atoms with Gasteiger partial charge in [0, 0.05) is 5.92 Å². The van der Waals surface area contributed by atoms with Crippen molar-refractivity contribution in [2.45, 2.75) is 39.5 Å². The molecule has 15 heavy (non-hydrogen) atoms. The second-order valence-electron chi connectivity index (χ2n) is 3.40. The van der Waals surface area contributed by atoms with Gasteiger partial charge in [0.15, 0.2) is 6.61 Å². The van der Waals surface area contributed by atoms with Crippen molar-refractivity contribution in [3.05, 3.63) is 0 Å². The lowest BCUT2D eigenvalue weighted by Gasteiger charge is -2.13. The van der Waals surface area contributed by atoms with E-state index in [1.54, 1.807) is 0 Å². The van der Waals surface area contributed by atoms with E-state index in [1.807, 2.05) is 6.92 Å². The van der Waals surface area contributed by atoms with Crippen LogP contribution in [-0.4, -0.2) is 23.6 Å². The van der Waals surface area contributed by atoms with Crippen molar-refractivity contribution in [3.63, 3.8) is 0 Å². The Morgan fingerprint density at radius 2 is 2.07 bits per heavy atom. The summed E-state index contributed by atoms with van der Waals surface area (Å²) in [6.45, 7) is 3.48. The lowest BCUT2D eigenvalue weighted by Crippen LogP contribution is -2.32. The van der Waals surface area contributed by atoms with Crippen molar-refractivity contribution < 1.29 is 19.5 Å². The van der Waals surface area contributed by atoms with Gasteiger partial charge >= 0.3 is 5.97 Å². The Morgan fingerprint density at radius 1 is 1.40 bits per heavy atom. The van der Waals surface area contributed by atoms with E-state index < -0.39 is 12.6 Å². The number of amides is 1. The molecule has 5 nitrogen and oxygen atoms in total. The van der Waals surface area contributed by atoms with E-state index in [1.165, 1.54) is 0 Å². The van der Waals surface area contributed by atoms with Crippen molar-refractivity contribution >= 4 is 11.9 Å². The average molecular weight is 217 g/mol. The lowest BCUT2D eigenvalue weighted by molar-refractivity contribution is -0.150. The number of carbonyl (C=O) groups excluding carboxylic acids is 1. The van der Waals surface area contributed by atoms with E-state index >= 15 is 0 Å². The molecule has 0 heterocycles. The maximum Gasteiger partial charge on any atom is 0.332 e. The third-order valence-corrected chi connectivity index (χ3v) is 2.14. The third kappa shape index (κ3) is 6.90. The first-order valence-electron chi connectivity index (χ1n) is 5.25. The number of rotatable bonds is 8. The number of carbonyl (C=O) groups is 2. The van der Waals surface area contributed by atoms with Gasteiger partial charge < -0.3 is 5.11 Å². The fraction of sp³-hybridized carbons (Fsp3) is 0.800. The summed E-state index contributed by atoms with van der Waals surface area (Å²) in [5.74, 6) is -1.41. The Balaban J connectivity index is 3.77. The SMILES string of the molecule is CCCCC(CC)C(=O)NOCC(=O)O. The topological polar surface area (TPSA) is 75.6 Å². The summed E-state index contributed by atoms with van der Waals surface area (Å²) in [5.41, 5.74) is 2.15. The summed E-state index contributed by atoms with van der Waals surface area (Å²) < 4.78 is 0. The Bertz CT molecular complexity index is 206. The quantitative estimate of drug-likeness (QED) is 0.601. The van der Waals surface area contributed by atoms with Crippen LogP contribution < -0.4 is 5.48 Å². The summed E-state index contributed by atoms with van der Waals surface area (Å²) in [6.07, 6.45) is 3.59. The van der Waals surface area contributed by atoms with Gasteiger partial charge in [-0.2, -0.15) is 0 Å². The smallest absolute Gasteiger partial charge is 0.332 e. The minimum Gasteiger partial charge on any atom is -0.479 e. The number of hydrogen-bond acceptors (Lipinski definition) is 3. The predicted octanol–water partition coefficient (Wildman–Crippen LogP) is 1.34. The molecule has 0 aliphatic carbocycles. The molecule has 0 rings (SSSR count). The Kier molecular flexibility index (Phi) is 7.62. The van der Waals surface area contributed by atoms with Crippen LogP contribution in [0.25, 0.3) is 0 Å². The van der Waals surface area contributed by atoms with Crippen LogP contribution in [0.5, 0.6) is 0 Å². The summed E-state index contributed by atoms with van der Waals surface area (Å²) in [5, 5.41) is 8.29. The van der Waals surface area contributed by atoms with E-state index in [-0.39, 0.29) is 11.8 Å². The van der Waals surface area contributed by atoms with Crippen LogP contribution in [0.4, 0.5) is 0 Å². The number of aliphatic carboxylic acids is 1. The first kappa shape index (κ1) is 13.9. The van der Waals surface area contributed by atoms with Crippen LogP contribution in [0, 0.1) is 5.92 Å². The Labute approximate surface area is 89.8 Å². The van der Waals surface area contributed by atoms with Crippen molar-refractivity contribution in [2.24, 2.45) is 5.92 Å². The number of carboxylic acids is 1. The molecule has 0 aliphatic rings. The molecule has 0 saturated heterocycles. The standard InChI is InChI=1S/C10H19NO4/c1-3-5-6-8(4-2)10(14)11-15-7-9(12)13/h8H,3-7H2,1-2H3,(H,11,14)(H,12,13). The molecule has 0 aliphatic heterocycles. The van der Waals surface area contributed by atoms with Gasteiger partial charge in [0.2, 0.25) is 5.91 Å². The molecular formula is C10H19NO4. The molecule has 1 amide bonds. The molecule has 0 radical (unpaired) electrons. The second kappa shape index (κ2) is 8.23. The molecule has 0 bridgehead atoms. The average Bonchev–Trinajstić information content (AvgIpc) is 2.18. The number of hydroxylamine groups is 1. The summed E-state index contributed by atoms with van der Waals surface area (Å²) in [4.78, 5) is 26.1. The van der Waals surface area contributed by atoms with Crippen molar-refractivity contribution in [2.75, 3.05) is 6.61 Å². The molecule has 1 unspecified atom stereocenters. The molecule has 0 aromatic heterocycles. The molecule has 0 aromatic carbocycles. The fourth-order valence-corrected chi connectivity index (χ4v) is 1.22. The van der Waals surface area contributed by atoms with Crippen LogP contribution in [0.3, 0.4) is 0 Å². The van der Waals surface area contributed by atoms with E-state index in [0.717, 1.165) is 25.7 Å². The molecule has 0 fully saturated rings. The summed E-state index contributed by atoms with van der Waals surface area (Å²) in [7, 11) is 0. The van der Waals surface area contributed by atoms with E-state index in [4.69, 9.17) is 5.11 Å². The van der Waals surface area contributed by atoms with Crippen molar-refractivity contribution in [3.8, 4) is 0 Å². The zero-order valence-corrected chi connectivity index (χ0v) is 9.28.